The lowest BCUT2D eigenvalue weighted by Gasteiger charge is -2.34. The molecule has 90 valence electrons. The second kappa shape index (κ2) is 5.48. The summed E-state index contributed by atoms with van der Waals surface area (Å²) in [6.07, 6.45) is 4.96. The van der Waals surface area contributed by atoms with Crippen LogP contribution >= 0.6 is 0 Å². The zero-order valence-electron chi connectivity index (χ0n) is 9.95. The van der Waals surface area contributed by atoms with Gasteiger partial charge in [-0.2, -0.15) is 0 Å². The number of piperazine rings is 1. The highest BCUT2D eigenvalue weighted by atomic mass is 15.2. The Bertz CT molecular complexity index is 290. The van der Waals surface area contributed by atoms with E-state index in [9.17, 15) is 0 Å². The molecule has 1 aromatic heterocycles. The lowest BCUT2D eigenvalue weighted by atomic mass is 10.0. The maximum Gasteiger partial charge on any atom is 0.0324 e. The monoisotopic (exact) mass is 222 g/mol. The van der Waals surface area contributed by atoms with Gasteiger partial charge in [-0.05, 0) is 25.0 Å². The molecule has 0 aromatic carbocycles. The molecule has 1 aliphatic rings. The Labute approximate surface area is 97.2 Å². The highest BCUT2D eigenvalue weighted by Crippen LogP contribution is 2.18. The van der Waals surface area contributed by atoms with Gasteiger partial charge in [-0.15, -0.1) is 0 Å². The number of rotatable bonds is 4. The van der Waals surface area contributed by atoms with Gasteiger partial charge in [-0.1, -0.05) is 0 Å². The summed E-state index contributed by atoms with van der Waals surface area (Å²) in [4.78, 5) is 5.58. The Balaban J connectivity index is 1.84. The number of nitrogens with zero attached hydrogens (tertiary/aromatic N) is 1. The van der Waals surface area contributed by atoms with E-state index in [0.717, 1.165) is 32.6 Å². The molecule has 2 atom stereocenters. The van der Waals surface area contributed by atoms with E-state index < -0.39 is 0 Å². The van der Waals surface area contributed by atoms with Crippen molar-refractivity contribution >= 4 is 0 Å². The number of aromatic amines is 1. The lowest BCUT2D eigenvalue weighted by molar-refractivity contribution is 0.170. The van der Waals surface area contributed by atoms with Crippen molar-refractivity contribution in [1.29, 1.82) is 0 Å². The highest BCUT2D eigenvalue weighted by molar-refractivity contribution is 5.13. The first-order chi connectivity index (χ1) is 7.77. The molecule has 4 N–H and O–H groups in total. The van der Waals surface area contributed by atoms with Crippen LogP contribution in [0.5, 0.6) is 0 Å². The Morgan fingerprint density at radius 1 is 1.44 bits per heavy atom. The van der Waals surface area contributed by atoms with Gasteiger partial charge in [0.05, 0.1) is 0 Å². The molecule has 2 rings (SSSR count). The molecule has 2 heterocycles. The van der Waals surface area contributed by atoms with Crippen molar-refractivity contribution in [2.45, 2.75) is 25.4 Å². The average molecular weight is 222 g/mol. The predicted octanol–water partition coefficient (Wildman–Crippen LogP) is 0.698. The fourth-order valence-corrected chi connectivity index (χ4v) is 2.34. The maximum absolute atomic E-state index is 6.18. The number of H-pyrrole nitrogens is 1. The quantitative estimate of drug-likeness (QED) is 0.703. The second-order valence-corrected chi connectivity index (χ2v) is 4.62. The van der Waals surface area contributed by atoms with Gasteiger partial charge in [0.25, 0.3) is 0 Å². The Morgan fingerprint density at radius 2 is 2.19 bits per heavy atom. The summed E-state index contributed by atoms with van der Waals surface area (Å²) >= 11 is 0. The van der Waals surface area contributed by atoms with Gasteiger partial charge in [0.1, 0.15) is 0 Å². The summed E-state index contributed by atoms with van der Waals surface area (Å²) in [7, 11) is 0. The van der Waals surface area contributed by atoms with Crippen molar-refractivity contribution in [2.24, 2.45) is 5.73 Å². The molecular weight excluding hydrogens is 200 g/mol. The summed E-state index contributed by atoms with van der Waals surface area (Å²) in [6, 6.07) is 2.78. The maximum atomic E-state index is 6.18. The van der Waals surface area contributed by atoms with Crippen molar-refractivity contribution in [1.82, 2.24) is 15.2 Å². The van der Waals surface area contributed by atoms with Crippen molar-refractivity contribution in [3.63, 3.8) is 0 Å². The van der Waals surface area contributed by atoms with Crippen LogP contribution in [0.15, 0.2) is 18.5 Å². The van der Waals surface area contributed by atoms with Crippen LogP contribution < -0.4 is 11.1 Å². The van der Waals surface area contributed by atoms with Gasteiger partial charge < -0.3 is 16.0 Å². The van der Waals surface area contributed by atoms with Crippen LogP contribution in [0.25, 0.3) is 0 Å². The SMILES string of the molecule is CC(CC(N)c1cc[nH]c1)N1CCNCC1. The molecule has 1 fully saturated rings. The molecule has 0 aliphatic carbocycles. The highest BCUT2D eigenvalue weighted by Gasteiger charge is 2.19. The molecule has 1 aliphatic heterocycles. The summed E-state index contributed by atoms with van der Waals surface area (Å²) in [5, 5.41) is 3.37. The van der Waals surface area contributed by atoms with E-state index >= 15 is 0 Å². The number of aromatic nitrogens is 1. The molecule has 4 nitrogen and oxygen atoms in total. The lowest BCUT2D eigenvalue weighted by Crippen LogP contribution is -2.48. The van der Waals surface area contributed by atoms with E-state index in [1.165, 1.54) is 5.56 Å². The molecule has 0 radical (unpaired) electrons. The molecule has 2 unspecified atom stereocenters. The predicted molar refractivity (Wildman–Crippen MR) is 66.2 cm³/mol. The van der Waals surface area contributed by atoms with Crippen LogP contribution in [0.2, 0.25) is 0 Å². The van der Waals surface area contributed by atoms with Gasteiger partial charge >= 0.3 is 0 Å². The Hall–Kier alpha value is -0.840. The van der Waals surface area contributed by atoms with Crippen molar-refractivity contribution in [3.8, 4) is 0 Å². The number of nitrogens with two attached hydrogens (primary N) is 1. The summed E-state index contributed by atoms with van der Waals surface area (Å²) in [5.74, 6) is 0. The minimum absolute atomic E-state index is 0.149. The second-order valence-electron chi connectivity index (χ2n) is 4.62. The van der Waals surface area contributed by atoms with Crippen LogP contribution in [0, 0.1) is 0 Å². The zero-order valence-corrected chi connectivity index (χ0v) is 9.95. The summed E-state index contributed by atoms with van der Waals surface area (Å²) in [6.45, 7) is 6.76. The first-order valence-electron chi connectivity index (χ1n) is 6.10. The molecular formula is C12H22N4. The van der Waals surface area contributed by atoms with Gasteiger partial charge in [0.2, 0.25) is 0 Å². The van der Waals surface area contributed by atoms with Crippen LogP contribution in [-0.4, -0.2) is 42.1 Å². The molecule has 1 aromatic rings. The fourth-order valence-electron chi connectivity index (χ4n) is 2.34. The van der Waals surface area contributed by atoms with Crippen molar-refractivity contribution < 1.29 is 0 Å². The Kier molecular flexibility index (Phi) is 3.98. The van der Waals surface area contributed by atoms with E-state index in [0.29, 0.717) is 6.04 Å². The van der Waals surface area contributed by atoms with E-state index in [2.05, 4.69) is 28.2 Å². The van der Waals surface area contributed by atoms with Crippen molar-refractivity contribution in [2.75, 3.05) is 26.2 Å². The minimum Gasteiger partial charge on any atom is -0.367 e. The third-order valence-electron chi connectivity index (χ3n) is 3.42. The molecule has 4 heteroatoms. The third-order valence-corrected chi connectivity index (χ3v) is 3.42. The van der Waals surface area contributed by atoms with E-state index in [1.807, 2.05) is 12.4 Å². The molecule has 0 amide bonds. The summed E-state index contributed by atoms with van der Waals surface area (Å²) in [5.41, 5.74) is 7.39. The number of hydrogen-bond donors (Lipinski definition) is 3. The van der Waals surface area contributed by atoms with E-state index in [1.54, 1.807) is 0 Å². The normalized spacial score (nSPS) is 21.9. The molecule has 1 saturated heterocycles. The van der Waals surface area contributed by atoms with Gasteiger partial charge in [-0.25, -0.2) is 0 Å². The molecule has 0 bridgehead atoms. The number of hydrogen-bond acceptors (Lipinski definition) is 3. The first kappa shape index (κ1) is 11.6. The third kappa shape index (κ3) is 2.84. The van der Waals surface area contributed by atoms with Crippen molar-refractivity contribution in [3.05, 3.63) is 24.0 Å². The van der Waals surface area contributed by atoms with Gasteiger partial charge in [0, 0.05) is 50.7 Å². The van der Waals surface area contributed by atoms with Crippen LogP contribution in [0.4, 0.5) is 0 Å². The van der Waals surface area contributed by atoms with Crippen LogP contribution in [0.1, 0.15) is 24.9 Å². The standard InChI is InChI=1S/C12H22N4/c1-10(16-6-4-14-5-7-16)8-12(13)11-2-3-15-9-11/h2-3,9-10,12,14-15H,4-8,13H2,1H3. The molecule has 16 heavy (non-hydrogen) atoms. The fraction of sp³-hybridized carbons (Fsp3) is 0.667. The largest absolute Gasteiger partial charge is 0.367 e. The van der Waals surface area contributed by atoms with E-state index in [-0.39, 0.29) is 6.04 Å². The molecule has 0 spiro atoms. The zero-order chi connectivity index (χ0) is 11.4. The van der Waals surface area contributed by atoms with Crippen LogP contribution in [-0.2, 0) is 0 Å². The average Bonchev–Trinajstić information content (AvgIpc) is 2.83. The van der Waals surface area contributed by atoms with Crippen LogP contribution in [0.3, 0.4) is 0 Å². The first-order valence-corrected chi connectivity index (χ1v) is 6.10. The Morgan fingerprint density at radius 3 is 2.81 bits per heavy atom. The van der Waals surface area contributed by atoms with Gasteiger partial charge in [0.15, 0.2) is 0 Å². The minimum atomic E-state index is 0.149. The smallest absolute Gasteiger partial charge is 0.0324 e. The molecule has 0 saturated carbocycles. The number of nitrogens with one attached hydrogen (secondary N) is 2. The van der Waals surface area contributed by atoms with Gasteiger partial charge in [-0.3, -0.25) is 4.90 Å². The topological polar surface area (TPSA) is 57.1 Å². The summed E-state index contributed by atoms with van der Waals surface area (Å²) < 4.78 is 0. The van der Waals surface area contributed by atoms with E-state index in [4.69, 9.17) is 5.73 Å².